The molecule has 2 heterocycles. The molecule has 1 saturated heterocycles. The van der Waals surface area contributed by atoms with Crippen LogP contribution >= 0.6 is 11.8 Å². The molecular formula is C23H24N2O5S. The number of hydrogen-bond donors (Lipinski definition) is 0. The van der Waals surface area contributed by atoms with Gasteiger partial charge in [-0.25, -0.2) is 4.79 Å². The van der Waals surface area contributed by atoms with Crippen LogP contribution in [0.5, 0.6) is 5.75 Å². The number of benzene rings is 1. The zero-order chi connectivity index (χ0) is 21.8. The highest BCUT2D eigenvalue weighted by Crippen LogP contribution is 2.32. The van der Waals surface area contributed by atoms with E-state index in [2.05, 4.69) is 18.0 Å². The second kappa shape index (κ2) is 9.51. The summed E-state index contributed by atoms with van der Waals surface area (Å²) < 4.78 is 10.9. The molecule has 2 fully saturated rings. The normalized spacial score (nSPS) is 18.4. The summed E-state index contributed by atoms with van der Waals surface area (Å²) in [4.78, 5) is 41.7. The molecule has 1 unspecified atom stereocenters. The Bertz CT molecular complexity index is 957. The Morgan fingerprint density at radius 2 is 1.87 bits per heavy atom. The molecule has 1 aliphatic heterocycles. The quantitative estimate of drug-likeness (QED) is 0.609. The fourth-order valence-electron chi connectivity index (χ4n) is 3.15. The van der Waals surface area contributed by atoms with Gasteiger partial charge < -0.3 is 9.47 Å². The van der Waals surface area contributed by atoms with E-state index in [1.54, 1.807) is 0 Å². The summed E-state index contributed by atoms with van der Waals surface area (Å²) >= 11 is 0.869. The van der Waals surface area contributed by atoms with Gasteiger partial charge in [0.25, 0.3) is 11.1 Å². The van der Waals surface area contributed by atoms with Gasteiger partial charge in [0, 0.05) is 18.3 Å². The molecule has 0 N–H and O–H groups in total. The number of aryl methyl sites for hydroxylation is 1. The fourth-order valence-corrected chi connectivity index (χ4v) is 4.15. The molecule has 0 spiro atoms. The Hall–Kier alpha value is -2.87. The lowest BCUT2D eigenvalue weighted by Crippen LogP contribution is -2.38. The van der Waals surface area contributed by atoms with Crippen LogP contribution in [0.2, 0.25) is 0 Å². The minimum absolute atomic E-state index is 0.156. The Morgan fingerprint density at radius 1 is 1.13 bits per heavy atom. The van der Waals surface area contributed by atoms with E-state index in [9.17, 15) is 14.4 Å². The molecule has 2 aliphatic rings. The summed E-state index contributed by atoms with van der Waals surface area (Å²) in [7, 11) is 0. The first-order valence-corrected chi connectivity index (χ1v) is 11.3. The first-order valence-electron chi connectivity index (χ1n) is 10.4. The lowest BCUT2D eigenvalue weighted by molar-refractivity contribution is -0.125. The minimum atomic E-state index is -0.852. The molecule has 2 aromatic rings. The maximum absolute atomic E-state index is 12.5. The molecular weight excluding hydrogens is 416 g/mol. The Labute approximate surface area is 185 Å². The number of imide groups is 3. The van der Waals surface area contributed by atoms with Crippen molar-refractivity contribution in [2.24, 2.45) is 0 Å². The van der Waals surface area contributed by atoms with Crippen molar-refractivity contribution >= 4 is 29.0 Å². The van der Waals surface area contributed by atoms with Crippen LogP contribution in [0, 0.1) is 0 Å². The van der Waals surface area contributed by atoms with Gasteiger partial charge in [0.1, 0.15) is 11.9 Å². The summed E-state index contributed by atoms with van der Waals surface area (Å²) in [6, 6.07) is 11.5. The van der Waals surface area contributed by atoms with Crippen molar-refractivity contribution in [1.29, 1.82) is 0 Å². The van der Waals surface area contributed by atoms with Crippen LogP contribution in [0.4, 0.5) is 9.59 Å². The summed E-state index contributed by atoms with van der Waals surface area (Å²) in [6.07, 6.45) is 4.50. The van der Waals surface area contributed by atoms with Gasteiger partial charge in [-0.15, -0.1) is 0 Å². The number of amides is 3. The number of rotatable bonds is 8. The number of nitrogens with zero attached hydrogens (tertiary/aromatic N) is 2. The van der Waals surface area contributed by atoms with Crippen LogP contribution in [0.1, 0.15) is 36.6 Å². The van der Waals surface area contributed by atoms with Crippen molar-refractivity contribution in [2.75, 3.05) is 6.61 Å². The van der Waals surface area contributed by atoms with Crippen LogP contribution in [0.25, 0.3) is 0 Å². The molecule has 1 saturated carbocycles. The van der Waals surface area contributed by atoms with E-state index in [1.807, 2.05) is 36.5 Å². The van der Waals surface area contributed by atoms with E-state index in [4.69, 9.17) is 9.47 Å². The van der Waals surface area contributed by atoms with Crippen LogP contribution in [-0.2, 0) is 28.8 Å². The summed E-state index contributed by atoms with van der Waals surface area (Å²) in [6.45, 7) is 2.61. The molecule has 1 aromatic heterocycles. The molecule has 1 aliphatic carbocycles. The molecule has 7 nitrogen and oxygen atoms in total. The van der Waals surface area contributed by atoms with Crippen LogP contribution in [-0.4, -0.2) is 45.1 Å². The summed E-state index contributed by atoms with van der Waals surface area (Å²) in [5.74, 6) is 0.215. The number of carbonyl (C=O) groups is 3. The van der Waals surface area contributed by atoms with Crippen molar-refractivity contribution in [3.05, 3.63) is 59.4 Å². The second-order valence-electron chi connectivity index (χ2n) is 7.59. The van der Waals surface area contributed by atoms with Gasteiger partial charge in [0.15, 0.2) is 0 Å². The van der Waals surface area contributed by atoms with Gasteiger partial charge >= 0.3 is 6.09 Å². The standard InChI is InChI=1S/C23H24N2O5S/c1-2-15-3-6-17(24-14-15)11-12-29-18-7-4-16(5-8-18)13-20-21(26)25(23(28)31-20)22(27)30-19-9-10-19/h3-8,14,19-20H,2,9-13H2,1H3. The third kappa shape index (κ3) is 5.44. The lowest BCUT2D eigenvalue weighted by Gasteiger charge is -2.12. The van der Waals surface area contributed by atoms with Gasteiger partial charge in [-0.2, -0.15) is 4.90 Å². The number of thioether (sulfide) groups is 1. The average molecular weight is 441 g/mol. The minimum Gasteiger partial charge on any atom is -0.493 e. The monoisotopic (exact) mass is 440 g/mol. The molecule has 3 amide bonds. The van der Waals surface area contributed by atoms with E-state index in [-0.39, 0.29) is 6.10 Å². The van der Waals surface area contributed by atoms with Crippen LogP contribution < -0.4 is 4.74 Å². The zero-order valence-electron chi connectivity index (χ0n) is 17.3. The van der Waals surface area contributed by atoms with Gasteiger partial charge in [0.05, 0.1) is 11.9 Å². The molecule has 31 heavy (non-hydrogen) atoms. The van der Waals surface area contributed by atoms with E-state index in [0.29, 0.717) is 24.3 Å². The largest absolute Gasteiger partial charge is 0.493 e. The number of pyridine rings is 1. The van der Waals surface area contributed by atoms with Crippen molar-refractivity contribution in [3.8, 4) is 5.75 Å². The smallest absolute Gasteiger partial charge is 0.424 e. The maximum Gasteiger partial charge on any atom is 0.424 e. The molecule has 8 heteroatoms. The number of carbonyl (C=O) groups excluding carboxylic acids is 3. The highest BCUT2D eigenvalue weighted by Gasteiger charge is 2.45. The Kier molecular flexibility index (Phi) is 6.56. The zero-order valence-corrected chi connectivity index (χ0v) is 18.1. The predicted octanol–water partition coefficient (Wildman–Crippen LogP) is 4.17. The molecule has 1 atom stereocenters. The van der Waals surface area contributed by atoms with Crippen molar-refractivity contribution in [1.82, 2.24) is 9.88 Å². The molecule has 0 bridgehead atoms. The van der Waals surface area contributed by atoms with E-state index in [1.165, 1.54) is 5.56 Å². The second-order valence-corrected chi connectivity index (χ2v) is 8.74. The highest BCUT2D eigenvalue weighted by atomic mass is 32.2. The van der Waals surface area contributed by atoms with E-state index < -0.39 is 22.5 Å². The van der Waals surface area contributed by atoms with Gasteiger partial charge in [-0.3, -0.25) is 14.6 Å². The van der Waals surface area contributed by atoms with E-state index >= 15 is 0 Å². The molecule has 162 valence electrons. The molecule has 4 rings (SSSR count). The fraction of sp³-hybridized carbons (Fsp3) is 0.391. The van der Waals surface area contributed by atoms with E-state index in [0.717, 1.165) is 48.0 Å². The summed E-state index contributed by atoms with van der Waals surface area (Å²) in [5, 5.41) is -1.19. The Balaban J connectivity index is 1.26. The molecule has 0 radical (unpaired) electrons. The third-order valence-corrected chi connectivity index (χ3v) is 6.20. The first-order chi connectivity index (χ1) is 15.0. The number of ether oxygens (including phenoxy) is 2. The van der Waals surface area contributed by atoms with Crippen molar-refractivity contribution < 1.29 is 23.9 Å². The number of hydrogen-bond acceptors (Lipinski definition) is 7. The van der Waals surface area contributed by atoms with Gasteiger partial charge in [-0.1, -0.05) is 25.1 Å². The van der Waals surface area contributed by atoms with Crippen molar-refractivity contribution in [2.45, 2.75) is 50.4 Å². The van der Waals surface area contributed by atoms with Crippen LogP contribution in [0.3, 0.4) is 0 Å². The lowest BCUT2D eigenvalue weighted by atomic mass is 10.1. The van der Waals surface area contributed by atoms with Gasteiger partial charge in [0.2, 0.25) is 0 Å². The third-order valence-electron chi connectivity index (χ3n) is 5.16. The maximum atomic E-state index is 12.5. The van der Waals surface area contributed by atoms with Crippen LogP contribution in [0.15, 0.2) is 42.6 Å². The Morgan fingerprint density at radius 3 is 2.52 bits per heavy atom. The number of aromatic nitrogens is 1. The topological polar surface area (TPSA) is 85.8 Å². The SMILES string of the molecule is CCc1ccc(CCOc2ccc(CC3SC(=O)N(C(=O)OC4CC4)C3=O)cc2)nc1. The van der Waals surface area contributed by atoms with Gasteiger partial charge in [-0.05, 0) is 66.8 Å². The van der Waals surface area contributed by atoms with Crippen molar-refractivity contribution in [3.63, 3.8) is 0 Å². The highest BCUT2D eigenvalue weighted by molar-refractivity contribution is 8.15. The predicted molar refractivity (Wildman–Crippen MR) is 116 cm³/mol. The molecule has 1 aromatic carbocycles. The average Bonchev–Trinajstić information content (AvgIpc) is 3.54. The first kappa shape index (κ1) is 21.4. The summed E-state index contributed by atoms with van der Waals surface area (Å²) in [5.41, 5.74) is 3.09.